The maximum Gasteiger partial charge on any atom is 0.289 e. The zero-order valence-corrected chi connectivity index (χ0v) is 19.3. The van der Waals surface area contributed by atoms with Crippen molar-refractivity contribution in [2.45, 2.75) is 6.61 Å². The second-order valence-corrected chi connectivity index (χ2v) is 7.65. The molecule has 3 aromatic rings. The lowest BCUT2D eigenvalue weighted by atomic mass is 10.1. The van der Waals surface area contributed by atoms with Crippen molar-refractivity contribution in [3.63, 3.8) is 0 Å². The normalized spacial score (nSPS) is 10.8. The van der Waals surface area contributed by atoms with E-state index in [0.29, 0.717) is 22.1 Å². The van der Waals surface area contributed by atoms with Crippen molar-refractivity contribution in [1.82, 2.24) is 0 Å². The Morgan fingerprint density at radius 2 is 1.88 bits per heavy atom. The van der Waals surface area contributed by atoms with E-state index >= 15 is 0 Å². The molecule has 8 nitrogen and oxygen atoms in total. The molecule has 0 fully saturated rings. The smallest absolute Gasteiger partial charge is 0.289 e. The fraction of sp³-hybridized carbons (Fsp3) is 0.0833. The fourth-order valence-electron chi connectivity index (χ4n) is 2.91. The lowest BCUT2D eigenvalue weighted by Gasteiger charge is -2.12. The largest absolute Gasteiger partial charge is 0.493 e. The van der Waals surface area contributed by atoms with Gasteiger partial charge in [-0.05, 0) is 42.0 Å². The highest BCUT2D eigenvalue weighted by atomic mass is 35.5. The third-order valence-corrected chi connectivity index (χ3v) is 5.29. The van der Waals surface area contributed by atoms with Gasteiger partial charge in [-0.1, -0.05) is 47.5 Å². The van der Waals surface area contributed by atoms with Crippen LogP contribution < -0.4 is 14.8 Å². The second kappa shape index (κ2) is 11.2. The number of hydrogen-bond acceptors (Lipinski definition) is 6. The molecule has 0 aliphatic rings. The molecule has 0 aliphatic heterocycles. The molecule has 0 heterocycles. The van der Waals surface area contributed by atoms with Gasteiger partial charge in [0.05, 0.1) is 12.0 Å². The number of carbonyl (C=O) groups is 1. The van der Waals surface area contributed by atoms with Crippen molar-refractivity contribution in [3.8, 4) is 17.6 Å². The van der Waals surface area contributed by atoms with Gasteiger partial charge in [0.15, 0.2) is 11.5 Å². The van der Waals surface area contributed by atoms with E-state index in [4.69, 9.17) is 32.7 Å². The first-order valence-electron chi connectivity index (χ1n) is 9.73. The average Bonchev–Trinajstić information content (AvgIpc) is 2.83. The van der Waals surface area contributed by atoms with Gasteiger partial charge in [-0.3, -0.25) is 14.9 Å². The van der Waals surface area contributed by atoms with Gasteiger partial charge < -0.3 is 14.8 Å². The van der Waals surface area contributed by atoms with Crippen LogP contribution in [0.3, 0.4) is 0 Å². The van der Waals surface area contributed by atoms with E-state index in [1.54, 1.807) is 24.3 Å². The SMILES string of the molecule is COc1cc(/C=C(\C#N)C(=O)Nc2ccc(Cl)c([N+](=O)[O-])c2)ccc1OCc1ccccc1Cl. The first kappa shape index (κ1) is 24.6. The lowest BCUT2D eigenvalue weighted by Crippen LogP contribution is -2.13. The molecule has 0 saturated carbocycles. The van der Waals surface area contributed by atoms with Crippen LogP contribution in [-0.2, 0) is 11.4 Å². The summed E-state index contributed by atoms with van der Waals surface area (Å²) >= 11 is 11.9. The Labute approximate surface area is 205 Å². The number of rotatable bonds is 8. The number of nitro benzene ring substituents is 1. The molecular formula is C24H17Cl2N3O5. The summed E-state index contributed by atoms with van der Waals surface area (Å²) in [5.74, 6) is 0.111. The number of ether oxygens (including phenoxy) is 2. The number of nitriles is 1. The van der Waals surface area contributed by atoms with E-state index in [0.717, 1.165) is 11.6 Å². The fourth-order valence-corrected chi connectivity index (χ4v) is 3.29. The molecule has 0 atom stereocenters. The predicted octanol–water partition coefficient (Wildman–Crippen LogP) is 6.03. The number of halogens is 2. The summed E-state index contributed by atoms with van der Waals surface area (Å²) in [7, 11) is 1.47. The molecule has 0 unspecified atom stereocenters. The Hall–Kier alpha value is -4.06. The maximum atomic E-state index is 12.6. The van der Waals surface area contributed by atoms with Gasteiger partial charge in [0.1, 0.15) is 23.3 Å². The molecule has 172 valence electrons. The minimum absolute atomic E-state index is 0.0667. The third kappa shape index (κ3) is 6.04. The molecule has 10 heteroatoms. The molecule has 0 radical (unpaired) electrons. The number of methoxy groups -OCH3 is 1. The van der Waals surface area contributed by atoms with Crippen LogP contribution in [-0.4, -0.2) is 17.9 Å². The van der Waals surface area contributed by atoms with Crippen molar-refractivity contribution in [1.29, 1.82) is 5.26 Å². The standard InChI is InChI=1S/C24H17Cl2N3O5/c1-33-23-11-15(6-9-22(23)34-14-16-4-2-3-5-19(16)25)10-17(13-27)24(30)28-18-7-8-20(26)21(12-18)29(31)32/h2-12H,14H2,1H3,(H,28,30)/b17-10+. The summed E-state index contributed by atoms with van der Waals surface area (Å²) in [6, 6.07) is 17.8. The Morgan fingerprint density at radius 1 is 1.12 bits per heavy atom. The van der Waals surface area contributed by atoms with Crippen molar-refractivity contribution < 1.29 is 19.2 Å². The Morgan fingerprint density at radius 3 is 2.56 bits per heavy atom. The minimum Gasteiger partial charge on any atom is -0.493 e. The van der Waals surface area contributed by atoms with Gasteiger partial charge in [0.25, 0.3) is 11.6 Å². The number of carbonyl (C=O) groups excluding carboxylic acids is 1. The summed E-state index contributed by atoms with van der Waals surface area (Å²) in [6.45, 7) is 0.226. The van der Waals surface area contributed by atoms with Crippen LogP contribution in [0.2, 0.25) is 10.0 Å². The molecule has 0 spiro atoms. The van der Waals surface area contributed by atoms with Crippen molar-refractivity contribution in [3.05, 3.63) is 97.5 Å². The van der Waals surface area contributed by atoms with Crippen LogP contribution in [0, 0.1) is 21.4 Å². The number of nitrogens with one attached hydrogen (secondary N) is 1. The van der Waals surface area contributed by atoms with Gasteiger partial charge in [-0.2, -0.15) is 5.26 Å². The van der Waals surface area contributed by atoms with E-state index in [9.17, 15) is 20.2 Å². The third-order valence-electron chi connectivity index (χ3n) is 4.61. The van der Waals surface area contributed by atoms with Crippen LogP contribution >= 0.6 is 23.2 Å². The lowest BCUT2D eigenvalue weighted by molar-refractivity contribution is -0.384. The first-order chi connectivity index (χ1) is 16.3. The molecule has 0 bridgehead atoms. The van der Waals surface area contributed by atoms with Crippen LogP contribution in [0.1, 0.15) is 11.1 Å². The van der Waals surface area contributed by atoms with Crippen molar-refractivity contribution >= 4 is 46.6 Å². The number of hydrogen-bond donors (Lipinski definition) is 1. The average molecular weight is 498 g/mol. The Bertz CT molecular complexity index is 1320. The summed E-state index contributed by atoms with van der Waals surface area (Å²) in [5, 5.41) is 23.5. The zero-order valence-electron chi connectivity index (χ0n) is 17.7. The summed E-state index contributed by atoms with van der Waals surface area (Å²) in [5.41, 5.74) is 0.864. The number of nitrogens with zero attached hydrogens (tertiary/aromatic N) is 2. The van der Waals surface area contributed by atoms with E-state index in [2.05, 4.69) is 5.32 Å². The molecule has 0 saturated heterocycles. The van der Waals surface area contributed by atoms with Crippen molar-refractivity contribution in [2.24, 2.45) is 0 Å². The molecule has 1 amide bonds. The molecule has 3 rings (SSSR count). The van der Waals surface area contributed by atoms with Gasteiger partial charge in [0, 0.05) is 22.3 Å². The van der Waals surface area contributed by atoms with Crippen LogP contribution in [0.5, 0.6) is 11.5 Å². The van der Waals surface area contributed by atoms with Crippen LogP contribution in [0.25, 0.3) is 6.08 Å². The van der Waals surface area contributed by atoms with Gasteiger partial charge >= 0.3 is 0 Å². The molecule has 0 aliphatic carbocycles. The Balaban J connectivity index is 1.78. The maximum absolute atomic E-state index is 12.6. The van der Waals surface area contributed by atoms with Gasteiger partial charge in [-0.15, -0.1) is 0 Å². The Kier molecular flexibility index (Phi) is 8.09. The monoisotopic (exact) mass is 497 g/mol. The van der Waals surface area contributed by atoms with Crippen molar-refractivity contribution in [2.75, 3.05) is 12.4 Å². The van der Waals surface area contributed by atoms with E-state index in [1.807, 2.05) is 24.3 Å². The number of benzene rings is 3. The molecule has 1 N–H and O–H groups in total. The highest BCUT2D eigenvalue weighted by molar-refractivity contribution is 6.32. The van der Waals surface area contributed by atoms with Gasteiger partial charge in [-0.25, -0.2) is 0 Å². The molecule has 3 aromatic carbocycles. The summed E-state index contributed by atoms with van der Waals surface area (Å²) < 4.78 is 11.2. The van der Waals surface area contributed by atoms with E-state index in [1.165, 1.54) is 25.3 Å². The molecule has 34 heavy (non-hydrogen) atoms. The highest BCUT2D eigenvalue weighted by Crippen LogP contribution is 2.31. The molecular weight excluding hydrogens is 481 g/mol. The zero-order chi connectivity index (χ0) is 24.7. The molecule has 0 aromatic heterocycles. The number of amides is 1. The topological polar surface area (TPSA) is 114 Å². The number of anilines is 1. The van der Waals surface area contributed by atoms with E-state index in [-0.39, 0.29) is 28.6 Å². The summed E-state index contributed by atoms with van der Waals surface area (Å²) in [4.78, 5) is 22.9. The van der Waals surface area contributed by atoms with Crippen LogP contribution in [0.15, 0.2) is 66.2 Å². The highest BCUT2D eigenvalue weighted by Gasteiger charge is 2.16. The predicted molar refractivity (Wildman–Crippen MR) is 129 cm³/mol. The van der Waals surface area contributed by atoms with Gasteiger partial charge in [0.2, 0.25) is 0 Å². The second-order valence-electron chi connectivity index (χ2n) is 6.84. The quantitative estimate of drug-likeness (QED) is 0.175. The minimum atomic E-state index is -0.739. The van der Waals surface area contributed by atoms with Crippen LogP contribution in [0.4, 0.5) is 11.4 Å². The van der Waals surface area contributed by atoms with E-state index < -0.39 is 10.8 Å². The number of nitro groups is 1. The first-order valence-corrected chi connectivity index (χ1v) is 10.5. The summed E-state index contributed by atoms with van der Waals surface area (Å²) in [6.07, 6.45) is 1.36.